The number of benzene rings is 1. The molecule has 2 rings (SSSR count). The van der Waals surface area contributed by atoms with Crippen LogP contribution in [0.5, 0.6) is 0 Å². The van der Waals surface area contributed by atoms with Gasteiger partial charge in [-0.2, -0.15) is 0 Å². The molecule has 0 amide bonds. The molecule has 0 radical (unpaired) electrons. The van der Waals surface area contributed by atoms with Gasteiger partial charge in [-0.1, -0.05) is 43.9 Å². The van der Waals surface area contributed by atoms with Gasteiger partial charge < -0.3 is 5.32 Å². The molecule has 106 valence electrons. The van der Waals surface area contributed by atoms with Crippen LogP contribution in [-0.4, -0.2) is 6.54 Å². The highest BCUT2D eigenvalue weighted by Gasteiger charge is 2.18. The van der Waals surface area contributed by atoms with Crippen molar-refractivity contribution in [1.29, 1.82) is 0 Å². The van der Waals surface area contributed by atoms with Gasteiger partial charge in [0.25, 0.3) is 0 Å². The van der Waals surface area contributed by atoms with E-state index in [2.05, 4.69) is 12.2 Å². The maximum absolute atomic E-state index is 13.6. The van der Waals surface area contributed by atoms with Crippen molar-refractivity contribution in [2.75, 3.05) is 6.54 Å². The maximum atomic E-state index is 13.6. The number of rotatable bonds is 5. The van der Waals surface area contributed by atoms with Gasteiger partial charge in [-0.25, -0.2) is 4.39 Å². The summed E-state index contributed by atoms with van der Waals surface area (Å²) in [5, 5.41) is 3.83. The summed E-state index contributed by atoms with van der Waals surface area (Å²) in [6.07, 6.45) is 6.64. The second-order valence-electron chi connectivity index (χ2n) is 5.80. The molecule has 1 aromatic rings. The second kappa shape index (κ2) is 7.25. The molecular formula is C16H23ClFN. The van der Waals surface area contributed by atoms with Crippen molar-refractivity contribution in [3.8, 4) is 0 Å². The molecule has 0 heterocycles. The summed E-state index contributed by atoms with van der Waals surface area (Å²) in [6, 6.07) is 4.85. The van der Waals surface area contributed by atoms with E-state index in [-0.39, 0.29) is 5.82 Å². The van der Waals surface area contributed by atoms with Crippen LogP contribution in [0.15, 0.2) is 18.2 Å². The van der Waals surface area contributed by atoms with Gasteiger partial charge in [-0.15, -0.1) is 0 Å². The van der Waals surface area contributed by atoms with Crippen molar-refractivity contribution >= 4 is 11.6 Å². The third-order valence-electron chi connectivity index (χ3n) is 4.14. The van der Waals surface area contributed by atoms with Crippen molar-refractivity contribution in [2.24, 2.45) is 11.8 Å². The van der Waals surface area contributed by atoms with Gasteiger partial charge in [0.05, 0.1) is 0 Å². The zero-order valence-electron chi connectivity index (χ0n) is 11.6. The lowest BCUT2D eigenvalue weighted by Gasteiger charge is -2.26. The molecule has 0 saturated heterocycles. The Bertz CT molecular complexity index is 387. The molecule has 0 bridgehead atoms. The molecule has 1 saturated carbocycles. The van der Waals surface area contributed by atoms with E-state index in [9.17, 15) is 4.39 Å². The summed E-state index contributed by atoms with van der Waals surface area (Å²) in [5.74, 6) is 1.50. The summed E-state index contributed by atoms with van der Waals surface area (Å²) in [5.41, 5.74) is 0.584. The van der Waals surface area contributed by atoms with E-state index in [1.54, 1.807) is 12.1 Å². The highest BCUT2D eigenvalue weighted by molar-refractivity contribution is 6.31. The Morgan fingerprint density at radius 1 is 1.37 bits per heavy atom. The van der Waals surface area contributed by atoms with Gasteiger partial charge in [0, 0.05) is 17.1 Å². The Kier molecular flexibility index (Phi) is 5.65. The first-order valence-corrected chi connectivity index (χ1v) is 7.68. The van der Waals surface area contributed by atoms with E-state index >= 15 is 0 Å². The van der Waals surface area contributed by atoms with Crippen LogP contribution in [-0.2, 0) is 6.54 Å². The molecule has 1 aliphatic carbocycles. The molecule has 1 nitrogen and oxygen atoms in total. The monoisotopic (exact) mass is 283 g/mol. The normalized spacial score (nSPS) is 23.5. The number of hydrogen-bond donors (Lipinski definition) is 1. The number of hydrogen-bond acceptors (Lipinski definition) is 1. The van der Waals surface area contributed by atoms with Gasteiger partial charge in [0.1, 0.15) is 5.82 Å². The molecule has 1 aliphatic rings. The molecule has 1 aromatic carbocycles. The Balaban J connectivity index is 1.72. The third kappa shape index (κ3) is 4.47. The quantitative estimate of drug-likeness (QED) is 0.767. The lowest BCUT2D eigenvalue weighted by Crippen LogP contribution is -2.21. The van der Waals surface area contributed by atoms with Crippen LogP contribution in [0, 0.1) is 17.7 Å². The minimum atomic E-state index is -0.216. The Morgan fingerprint density at radius 3 is 2.95 bits per heavy atom. The zero-order chi connectivity index (χ0) is 13.7. The molecule has 0 spiro atoms. The average Bonchev–Trinajstić information content (AvgIpc) is 2.37. The molecule has 0 aromatic heterocycles. The standard InChI is InChI=1S/C16H23ClFN/c1-12-4-2-5-13(10-12)8-9-19-11-14-15(17)6-3-7-16(14)18/h3,6-7,12-13,19H,2,4-5,8-11H2,1H3. The van der Waals surface area contributed by atoms with Gasteiger partial charge in [-0.05, 0) is 43.4 Å². The maximum Gasteiger partial charge on any atom is 0.129 e. The van der Waals surface area contributed by atoms with Crippen LogP contribution in [0.25, 0.3) is 0 Å². The van der Waals surface area contributed by atoms with E-state index in [0.717, 1.165) is 18.4 Å². The van der Waals surface area contributed by atoms with Crippen LogP contribution in [0.2, 0.25) is 5.02 Å². The summed E-state index contributed by atoms with van der Waals surface area (Å²) >= 11 is 6.00. The van der Waals surface area contributed by atoms with Crippen LogP contribution >= 0.6 is 11.6 Å². The average molecular weight is 284 g/mol. The SMILES string of the molecule is CC1CCCC(CCNCc2c(F)cccc2Cl)C1. The minimum Gasteiger partial charge on any atom is -0.313 e. The topological polar surface area (TPSA) is 12.0 Å². The fourth-order valence-electron chi connectivity index (χ4n) is 3.04. The molecule has 3 heteroatoms. The molecule has 0 aliphatic heterocycles. The second-order valence-corrected chi connectivity index (χ2v) is 6.21. The molecule has 1 fully saturated rings. The fraction of sp³-hybridized carbons (Fsp3) is 0.625. The van der Waals surface area contributed by atoms with Crippen molar-refractivity contribution < 1.29 is 4.39 Å². The molecular weight excluding hydrogens is 261 g/mol. The lowest BCUT2D eigenvalue weighted by atomic mass is 9.81. The van der Waals surface area contributed by atoms with Crippen LogP contribution in [0.4, 0.5) is 4.39 Å². The summed E-state index contributed by atoms with van der Waals surface area (Å²) < 4.78 is 13.6. The van der Waals surface area contributed by atoms with Crippen molar-refractivity contribution in [3.05, 3.63) is 34.6 Å². The first-order valence-electron chi connectivity index (χ1n) is 7.30. The highest BCUT2D eigenvalue weighted by atomic mass is 35.5. The van der Waals surface area contributed by atoms with Crippen LogP contribution < -0.4 is 5.32 Å². The van der Waals surface area contributed by atoms with Crippen molar-refractivity contribution in [3.63, 3.8) is 0 Å². The van der Waals surface area contributed by atoms with E-state index in [0.29, 0.717) is 17.1 Å². The van der Waals surface area contributed by atoms with Gasteiger partial charge in [-0.3, -0.25) is 0 Å². The summed E-state index contributed by atoms with van der Waals surface area (Å²) in [6.45, 7) is 3.81. The number of nitrogens with one attached hydrogen (secondary N) is 1. The first kappa shape index (κ1) is 14.8. The predicted octanol–water partition coefficient (Wildman–Crippen LogP) is 4.79. The fourth-order valence-corrected chi connectivity index (χ4v) is 3.27. The van der Waals surface area contributed by atoms with Gasteiger partial charge in [0.15, 0.2) is 0 Å². The van der Waals surface area contributed by atoms with Crippen molar-refractivity contribution in [1.82, 2.24) is 5.32 Å². The van der Waals surface area contributed by atoms with Crippen LogP contribution in [0.3, 0.4) is 0 Å². The van der Waals surface area contributed by atoms with Gasteiger partial charge in [0.2, 0.25) is 0 Å². The molecule has 1 N–H and O–H groups in total. The Hall–Kier alpha value is -0.600. The van der Waals surface area contributed by atoms with Crippen molar-refractivity contribution in [2.45, 2.75) is 45.6 Å². The van der Waals surface area contributed by atoms with Crippen LogP contribution in [0.1, 0.15) is 44.6 Å². The number of halogens is 2. The molecule has 19 heavy (non-hydrogen) atoms. The highest BCUT2D eigenvalue weighted by Crippen LogP contribution is 2.30. The Morgan fingerprint density at radius 2 is 2.21 bits per heavy atom. The smallest absolute Gasteiger partial charge is 0.129 e. The van der Waals surface area contributed by atoms with E-state index in [1.165, 1.54) is 38.2 Å². The minimum absolute atomic E-state index is 0.216. The summed E-state index contributed by atoms with van der Waals surface area (Å²) in [7, 11) is 0. The zero-order valence-corrected chi connectivity index (χ0v) is 12.3. The van der Waals surface area contributed by atoms with E-state index in [1.807, 2.05) is 0 Å². The first-order chi connectivity index (χ1) is 9.16. The predicted molar refractivity (Wildman–Crippen MR) is 78.9 cm³/mol. The lowest BCUT2D eigenvalue weighted by molar-refractivity contribution is 0.267. The largest absolute Gasteiger partial charge is 0.313 e. The Labute approximate surface area is 120 Å². The summed E-state index contributed by atoms with van der Waals surface area (Å²) in [4.78, 5) is 0. The van der Waals surface area contributed by atoms with E-state index in [4.69, 9.17) is 11.6 Å². The van der Waals surface area contributed by atoms with E-state index < -0.39 is 0 Å². The van der Waals surface area contributed by atoms with Gasteiger partial charge >= 0.3 is 0 Å². The molecule has 2 unspecified atom stereocenters. The molecule has 2 atom stereocenters. The third-order valence-corrected chi connectivity index (χ3v) is 4.49.